The van der Waals surface area contributed by atoms with Gasteiger partial charge in [-0.15, -0.1) is 0 Å². The number of amides is 2. The highest BCUT2D eigenvalue weighted by molar-refractivity contribution is 6.31. The third kappa shape index (κ3) is 3.72. The Labute approximate surface area is 128 Å². The van der Waals surface area contributed by atoms with Gasteiger partial charge in [-0.3, -0.25) is 0 Å². The molecule has 21 heavy (non-hydrogen) atoms. The van der Waals surface area contributed by atoms with Crippen LogP contribution in [0.4, 0.5) is 10.5 Å². The predicted octanol–water partition coefficient (Wildman–Crippen LogP) is 3.14. The highest BCUT2D eigenvalue weighted by atomic mass is 35.5. The Morgan fingerprint density at radius 2 is 2.24 bits per heavy atom. The van der Waals surface area contributed by atoms with E-state index in [1.807, 2.05) is 26.8 Å². The van der Waals surface area contributed by atoms with E-state index in [1.165, 1.54) is 6.33 Å². The molecule has 0 bridgehead atoms. The van der Waals surface area contributed by atoms with Gasteiger partial charge in [0.25, 0.3) is 0 Å². The highest BCUT2D eigenvalue weighted by Gasteiger charge is 2.15. The number of aryl methyl sites for hydroxylation is 2. The molecule has 0 aliphatic heterocycles. The molecule has 2 aromatic rings. The van der Waals surface area contributed by atoms with Gasteiger partial charge in [-0.2, -0.15) is 5.10 Å². The Bertz CT molecular complexity index is 640. The summed E-state index contributed by atoms with van der Waals surface area (Å²) in [6.45, 7) is 6.43. The van der Waals surface area contributed by atoms with E-state index in [9.17, 15) is 4.79 Å². The molecule has 0 fully saturated rings. The molecule has 0 unspecified atom stereocenters. The molecule has 0 saturated heterocycles. The number of carbonyl (C=O) groups is 1. The Hall–Kier alpha value is -2.08. The standard InChI is InChI=1S/C14H18ClN5O/c1-4-20-13(16-8-17-20)10(3)18-14(21)19-11-5-6-12(15)9(2)7-11/h5-8,10H,4H2,1-3H3,(H2,18,19,21)/t10-/m0/s1. The summed E-state index contributed by atoms with van der Waals surface area (Å²) in [4.78, 5) is 16.2. The molecular weight excluding hydrogens is 290 g/mol. The van der Waals surface area contributed by atoms with Crippen molar-refractivity contribution in [3.05, 3.63) is 40.9 Å². The predicted molar refractivity (Wildman–Crippen MR) is 82.5 cm³/mol. The zero-order valence-electron chi connectivity index (χ0n) is 12.2. The van der Waals surface area contributed by atoms with Crippen LogP contribution in [0.5, 0.6) is 0 Å². The van der Waals surface area contributed by atoms with Crippen LogP contribution in [0.3, 0.4) is 0 Å². The summed E-state index contributed by atoms with van der Waals surface area (Å²) in [6, 6.07) is 4.80. The number of anilines is 1. The van der Waals surface area contributed by atoms with Crippen molar-refractivity contribution in [3.8, 4) is 0 Å². The number of nitrogens with one attached hydrogen (secondary N) is 2. The van der Waals surface area contributed by atoms with Gasteiger partial charge in [0.05, 0.1) is 6.04 Å². The SMILES string of the molecule is CCn1ncnc1[C@H](C)NC(=O)Nc1ccc(Cl)c(C)c1. The third-order valence-corrected chi connectivity index (χ3v) is 3.52. The maximum absolute atomic E-state index is 12.0. The van der Waals surface area contributed by atoms with Gasteiger partial charge in [-0.05, 0) is 44.5 Å². The average molecular weight is 308 g/mol. The van der Waals surface area contributed by atoms with Crippen LogP contribution >= 0.6 is 11.6 Å². The first kappa shape index (κ1) is 15.3. The van der Waals surface area contributed by atoms with Crippen molar-refractivity contribution < 1.29 is 4.79 Å². The monoisotopic (exact) mass is 307 g/mol. The Morgan fingerprint density at radius 1 is 1.48 bits per heavy atom. The number of urea groups is 1. The maximum atomic E-state index is 12.0. The van der Waals surface area contributed by atoms with Crippen LogP contribution in [0.1, 0.15) is 31.3 Å². The fraction of sp³-hybridized carbons (Fsp3) is 0.357. The fourth-order valence-electron chi connectivity index (χ4n) is 2.00. The lowest BCUT2D eigenvalue weighted by atomic mass is 10.2. The number of hydrogen-bond acceptors (Lipinski definition) is 3. The van der Waals surface area contributed by atoms with Crippen molar-refractivity contribution >= 4 is 23.3 Å². The number of carbonyl (C=O) groups excluding carboxylic acids is 1. The lowest BCUT2D eigenvalue weighted by molar-refractivity contribution is 0.248. The van der Waals surface area contributed by atoms with E-state index in [0.29, 0.717) is 17.3 Å². The largest absolute Gasteiger partial charge is 0.328 e. The summed E-state index contributed by atoms with van der Waals surface area (Å²) in [5, 5.41) is 10.4. The summed E-state index contributed by atoms with van der Waals surface area (Å²) in [6.07, 6.45) is 1.48. The van der Waals surface area contributed by atoms with Crippen molar-refractivity contribution in [2.75, 3.05) is 5.32 Å². The second-order valence-electron chi connectivity index (χ2n) is 4.72. The number of halogens is 1. The van der Waals surface area contributed by atoms with Crippen molar-refractivity contribution in [3.63, 3.8) is 0 Å². The molecule has 0 spiro atoms. The topological polar surface area (TPSA) is 71.8 Å². The van der Waals surface area contributed by atoms with Crippen molar-refractivity contribution in [2.45, 2.75) is 33.4 Å². The summed E-state index contributed by atoms with van der Waals surface area (Å²) < 4.78 is 1.75. The lowest BCUT2D eigenvalue weighted by Crippen LogP contribution is -2.32. The minimum absolute atomic E-state index is 0.235. The van der Waals surface area contributed by atoms with Crippen LogP contribution in [0, 0.1) is 6.92 Å². The van der Waals surface area contributed by atoms with Crippen LogP contribution < -0.4 is 10.6 Å². The van der Waals surface area contributed by atoms with E-state index in [4.69, 9.17) is 11.6 Å². The molecule has 0 aliphatic rings. The molecule has 0 saturated carbocycles. The second-order valence-corrected chi connectivity index (χ2v) is 5.13. The molecule has 1 heterocycles. The number of aromatic nitrogens is 3. The van der Waals surface area contributed by atoms with Crippen molar-refractivity contribution in [1.29, 1.82) is 0 Å². The normalized spacial score (nSPS) is 12.0. The number of hydrogen-bond donors (Lipinski definition) is 2. The first-order valence-electron chi connectivity index (χ1n) is 6.72. The first-order chi connectivity index (χ1) is 10.0. The van der Waals surface area contributed by atoms with Gasteiger partial charge in [0.1, 0.15) is 12.2 Å². The molecule has 2 N–H and O–H groups in total. The van der Waals surface area contributed by atoms with Gasteiger partial charge >= 0.3 is 6.03 Å². The maximum Gasteiger partial charge on any atom is 0.319 e. The van der Waals surface area contributed by atoms with Gasteiger partial charge in [-0.1, -0.05) is 11.6 Å². The van der Waals surface area contributed by atoms with E-state index < -0.39 is 0 Å². The molecule has 7 heteroatoms. The highest BCUT2D eigenvalue weighted by Crippen LogP contribution is 2.19. The summed E-state index contributed by atoms with van der Waals surface area (Å²) in [5.74, 6) is 0.722. The Kier molecular flexibility index (Phi) is 4.80. The molecule has 1 aromatic heterocycles. The van der Waals surface area contributed by atoms with E-state index in [2.05, 4.69) is 20.7 Å². The van der Waals surface area contributed by atoms with Crippen LogP contribution in [-0.4, -0.2) is 20.8 Å². The molecule has 0 radical (unpaired) electrons. The Balaban J connectivity index is 1.99. The first-order valence-corrected chi connectivity index (χ1v) is 7.10. The second kappa shape index (κ2) is 6.58. The quantitative estimate of drug-likeness (QED) is 0.911. The van der Waals surface area contributed by atoms with E-state index in [1.54, 1.807) is 16.8 Å². The van der Waals surface area contributed by atoms with E-state index in [-0.39, 0.29) is 12.1 Å². The van der Waals surface area contributed by atoms with Gasteiger partial charge in [0, 0.05) is 17.3 Å². The molecule has 112 valence electrons. The Morgan fingerprint density at radius 3 is 2.90 bits per heavy atom. The zero-order valence-corrected chi connectivity index (χ0v) is 13.0. The number of benzene rings is 1. The molecule has 2 amide bonds. The van der Waals surface area contributed by atoms with Gasteiger partial charge in [0.15, 0.2) is 0 Å². The minimum Gasteiger partial charge on any atom is -0.328 e. The average Bonchev–Trinajstić information content (AvgIpc) is 2.91. The van der Waals surface area contributed by atoms with E-state index in [0.717, 1.165) is 11.4 Å². The van der Waals surface area contributed by atoms with Crippen LogP contribution in [0.15, 0.2) is 24.5 Å². The molecule has 2 rings (SSSR count). The number of nitrogens with zero attached hydrogens (tertiary/aromatic N) is 3. The third-order valence-electron chi connectivity index (χ3n) is 3.10. The zero-order chi connectivity index (χ0) is 15.4. The van der Waals surface area contributed by atoms with Crippen molar-refractivity contribution in [1.82, 2.24) is 20.1 Å². The van der Waals surface area contributed by atoms with E-state index >= 15 is 0 Å². The van der Waals surface area contributed by atoms with Crippen LogP contribution in [0.2, 0.25) is 5.02 Å². The summed E-state index contributed by atoms with van der Waals surface area (Å²) in [7, 11) is 0. The van der Waals surface area contributed by atoms with Gasteiger partial charge < -0.3 is 10.6 Å². The summed E-state index contributed by atoms with van der Waals surface area (Å²) in [5.41, 5.74) is 1.60. The minimum atomic E-state index is -0.296. The molecule has 1 aromatic carbocycles. The van der Waals surface area contributed by atoms with Gasteiger partial charge in [-0.25, -0.2) is 14.5 Å². The van der Waals surface area contributed by atoms with Gasteiger partial charge in [0.2, 0.25) is 0 Å². The van der Waals surface area contributed by atoms with Crippen LogP contribution in [-0.2, 0) is 6.54 Å². The van der Waals surface area contributed by atoms with Crippen molar-refractivity contribution in [2.24, 2.45) is 0 Å². The molecular formula is C14H18ClN5O. The smallest absolute Gasteiger partial charge is 0.319 e. The lowest BCUT2D eigenvalue weighted by Gasteiger charge is -2.15. The van der Waals surface area contributed by atoms with Crippen LogP contribution in [0.25, 0.3) is 0 Å². The fourth-order valence-corrected chi connectivity index (χ4v) is 2.12. The molecule has 0 aliphatic carbocycles. The summed E-state index contributed by atoms with van der Waals surface area (Å²) >= 11 is 5.96. The molecule has 1 atom stereocenters. The number of rotatable bonds is 4. The molecule has 6 nitrogen and oxygen atoms in total.